The summed E-state index contributed by atoms with van der Waals surface area (Å²) in [5.41, 5.74) is 0.930. The van der Waals surface area contributed by atoms with E-state index < -0.39 is 0 Å². The van der Waals surface area contributed by atoms with Crippen molar-refractivity contribution in [1.82, 2.24) is 9.80 Å². The molecule has 2 aliphatic heterocycles. The van der Waals surface area contributed by atoms with Crippen LogP contribution >= 0.6 is 0 Å². The van der Waals surface area contributed by atoms with Crippen LogP contribution in [0.5, 0.6) is 0 Å². The molecule has 0 bridgehead atoms. The van der Waals surface area contributed by atoms with Crippen molar-refractivity contribution in [3.05, 3.63) is 0 Å². The first kappa shape index (κ1) is 18.3. The maximum Gasteiger partial charge on any atom is 0.0231 e. The van der Waals surface area contributed by atoms with Gasteiger partial charge in [0.05, 0.1) is 0 Å². The van der Waals surface area contributed by atoms with E-state index in [0.717, 1.165) is 17.9 Å². The largest absolute Gasteiger partial charge is 0.302 e. The third-order valence-electron chi connectivity index (χ3n) is 7.02. The van der Waals surface area contributed by atoms with Gasteiger partial charge in [0.1, 0.15) is 0 Å². The molecule has 2 heterocycles. The van der Waals surface area contributed by atoms with Crippen molar-refractivity contribution >= 4 is 0 Å². The van der Waals surface area contributed by atoms with Crippen molar-refractivity contribution in [2.24, 2.45) is 17.3 Å². The molecule has 0 N–H and O–H groups in total. The summed E-state index contributed by atoms with van der Waals surface area (Å²) in [6.07, 6.45) is 6.86. The van der Waals surface area contributed by atoms with E-state index in [2.05, 4.69) is 58.4 Å². The highest BCUT2D eigenvalue weighted by atomic mass is 15.3. The molecular weight excluding hydrogens is 268 g/mol. The van der Waals surface area contributed by atoms with Crippen LogP contribution < -0.4 is 0 Å². The normalized spacial score (nSPS) is 35.5. The van der Waals surface area contributed by atoms with Crippen molar-refractivity contribution in [2.75, 3.05) is 26.7 Å². The Morgan fingerprint density at radius 1 is 1.18 bits per heavy atom. The minimum absolute atomic E-state index is 0.463. The Kier molecular flexibility index (Phi) is 5.65. The van der Waals surface area contributed by atoms with E-state index in [1.165, 1.54) is 51.7 Å². The Morgan fingerprint density at radius 3 is 2.41 bits per heavy atom. The Morgan fingerprint density at radius 2 is 1.86 bits per heavy atom. The lowest BCUT2D eigenvalue weighted by Crippen LogP contribution is -2.55. The predicted octanol–water partition coefficient (Wildman–Crippen LogP) is 4.64. The lowest BCUT2D eigenvalue weighted by Gasteiger charge is -2.48. The average Bonchev–Trinajstić information content (AvgIpc) is 2.84. The van der Waals surface area contributed by atoms with Gasteiger partial charge in [0.15, 0.2) is 0 Å². The van der Waals surface area contributed by atoms with Gasteiger partial charge in [0.2, 0.25) is 0 Å². The highest BCUT2D eigenvalue weighted by Crippen LogP contribution is 2.41. The van der Waals surface area contributed by atoms with E-state index in [0.29, 0.717) is 11.0 Å². The van der Waals surface area contributed by atoms with Crippen LogP contribution in [0.4, 0.5) is 0 Å². The quantitative estimate of drug-likeness (QED) is 0.746. The molecule has 22 heavy (non-hydrogen) atoms. The summed E-state index contributed by atoms with van der Waals surface area (Å²) < 4.78 is 0. The topological polar surface area (TPSA) is 6.48 Å². The van der Waals surface area contributed by atoms with Crippen molar-refractivity contribution in [3.63, 3.8) is 0 Å². The molecule has 0 aliphatic carbocycles. The smallest absolute Gasteiger partial charge is 0.0231 e. The number of hydrogen-bond donors (Lipinski definition) is 0. The molecule has 2 fully saturated rings. The van der Waals surface area contributed by atoms with E-state index in [9.17, 15) is 0 Å². The van der Waals surface area contributed by atoms with Crippen LogP contribution in [0.25, 0.3) is 0 Å². The molecule has 2 rings (SSSR count). The van der Waals surface area contributed by atoms with Gasteiger partial charge in [-0.2, -0.15) is 0 Å². The summed E-state index contributed by atoms with van der Waals surface area (Å²) in [7, 11) is 2.35. The summed E-state index contributed by atoms with van der Waals surface area (Å²) in [5.74, 6) is 1.65. The van der Waals surface area contributed by atoms with E-state index in [1.54, 1.807) is 0 Å². The van der Waals surface area contributed by atoms with E-state index in [-0.39, 0.29) is 0 Å². The second-order valence-corrected chi connectivity index (χ2v) is 9.38. The first-order chi connectivity index (χ1) is 10.2. The number of likely N-dealkylation sites (tertiary alicyclic amines) is 2. The van der Waals surface area contributed by atoms with Gasteiger partial charge in [-0.05, 0) is 69.5 Å². The Balaban J connectivity index is 2.07. The Hall–Kier alpha value is -0.0800. The number of nitrogens with zero attached hydrogens (tertiary/aromatic N) is 2. The first-order valence-electron chi connectivity index (χ1n) is 9.66. The molecule has 0 saturated carbocycles. The van der Waals surface area contributed by atoms with Crippen LogP contribution in [0, 0.1) is 17.3 Å². The molecular formula is C20H40N2. The molecule has 2 heteroatoms. The monoisotopic (exact) mass is 308 g/mol. The molecule has 0 radical (unpaired) electrons. The zero-order chi connectivity index (χ0) is 16.5. The van der Waals surface area contributed by atoms with Gasteiger partial charge in [-0.15, -0.1) is 0 Å². The van der Waals surface area contributed by atoms with Crippen LogP contribution in [0.3, 0.4) is 0 Å². The Labute approximate surface area is 139 Å². The third kappa shape index (κ3) is 3.53. The number of likely N-dealkylation sites (N-methyl/N-ethyl adjacent to an activating group) is 1. The van der Waals surface area contributed by atoms with Gasteiger partial charge >= 0.3 is 0 Å². The van der Waals surface area contributed by atoms with E-state index >= 15 is 0 Å². The van der Waals surface area contributed by atoms with Crippen molar-refractivity contribution in [2.45, 2.75) is 85.2 Å². The second-order valence-electron chi connectivity index (χ2n) is 9.38. The summed E-state index contributed by atoms with van der Waals surface area (Å²) in [6, 6.07) is 0.751. The third-order valence-corrected chi connectivity index (χ3v) is 7.02. The summed E-state index contributed by atoms with van der Waals surface area (Å²) in [5, 5.41) is 0. The summed E-state index contributed by atoms with van der Waals surface area (Å²) in [6.45, 7) is 18.4. The van der Waals surface area contributed by atoms with Crippen LogP contribution in [0.1, 0.15) is 73.6 Å². The van der Waals surface area contributed by atoms with Crippen LogP contribution in [0.2, 0.25) is 0 Å². The van der Waals surface area contributed by atoms with Gasteiger partial charge in [-0.25, -0.2) is 0 Å². The first-order valence-corrected chi connectivity index (χ1v) is 9.66. The molecule has 0 aromatic rings. The second kappa shape index (κ2) is 6.81. The maximum absolute atomic E-state index is 2.86. The number of piperidine rings is 1. The maximum atomic E-state index is 2.86. The summed E-state index contributed by atoms with van der Waals surface area (Å²) >= 11 is 0. The predicted molar refractivity (Wildman–Crippen MR) is 97.3 cm³/mol. The molecule has 2 saturated heterocycles. The highest BCUT2D eigenvalue weighted by Gasteiger charge is 2.43. The fourth-order valence-electron chi connectivity index (χ4n) is 5.12. The van der Waals surface area contributed by atoms with Crippen LogP contribution in [-0.4, -0.2) is 48.1 Å². The van der Waals surface area contributed by atoms with Crippen molar-refractivity contribution in [1.29, 1.82) is 0 Å². The molecule has 0 amide bonds. The zero-order valence-corrected chi connectivity index (χ0v) is 16.3. The van der Waals surface area contributed by atoms with Gasteiger partial charge in [-0.3, -0.25) is 4.90 Å². The van der Waals surface area contributed by atoms with Crippen molar-refractivity contribution in [3.8, 4) is 0 Å². The van der Waals surface area contributed by atoms with Gasteiger partial charge in [0, 0.05) is 18.1 Å². The summed E-state index contributed by atoms with van der Waals surface area (Å²) in [4.78, 5) is 5.51. The standard InChI is InChI=1S/C20H40N2/c1-8-20(16(2)3)11-9-12-22(20)15-18-14-17(19(4,5)6)10-13-21(18)7/h16-18H,8-15H2,1-7H3. The Bertz CT molecular complexity index is 357. The van der Waals surface area contributed by atoms with Gasteiger partial charge in [-0.1, -0.05) is 41.5 Å². The molecule has 3 atom stereocenters. The van der Waals surface area contributed by atoms with Crippen molar-refractivity contribution < 1.29 is 0 Å². The fraction of sp³-hybridized carbons (Fsp3) is 1.00. The molecule has 2 nitrogen and oxygen atoms in total. The van der Waals surface area contributed by atoms with Gasteiger partial charge < -0.3 is 4.90 Å². The molecule has 130 valence electrons. The molecule has 2 aliphatic rings. The lowest BCUT2D eigenvalue weighted by atomic mass is 9.73. The van der Waals surface area contributed by atoms with E-state index in [4.69, 9.17) is 0 Å². The average molecular weight is 309 g/mol. The molecule has 3 unspecified atom stereocenters. The molecule has 0 aromatic heterocycles. The number of hydrogen-bond acceptors (Lipinski definition) is 2. The zero-order valence-electron chi connectivity index (χ0n) is 16.3. The molecule has 0 aromatic carbocycles. The fourth-order valence-corrected chi connectivity index (χ4v) is 5.12. The van der Waals surface area contributed by atoms with Crippen LogP contribution in [-0.2, 0) is 0 Å². The highest BCUT2D eigenvalue weighted by molar-refractivity contribution is 4.99. The number of rotatable bonds is 4. The molecule has 0 spiro atoms. The SMILES string of the molecule is CCC1(C(C)C)CCCN1CC1CC(C(C)(C)C)CCN1C. The lowest BCUT2D eigenvalue weighted by molar-refractivity contribution is 0.0180. The van der Waals surface area contributed by atoms with E-state index in [1.807, 2.05) is 0 Å². The minimum atomic E-state index is 0.463. The van der Waals surface area contributed by atoms with Gasteiger partial charge in [0.25, 0.3) is 0 Å². The minimum Gasteiger partial charge on any atom is -0.302 e. The van der Waals surface area contributed by atoms with Crippen LogP contribution in [0.15, 0.2) is 0 Å².